The Morgan fingerprint density at radius 2 is 1.82 bits per heavy atom. The largest absolute Gasteiger partial charge is 0.370 e. The van der Waals surface area contributed by atoms with Crippen molar-refractivity contribution in [3.05, 3.63) is 51.2 Å². The van der Waals surface area contributed by atoms with Gasteiger partial charge in [-0.25, -0.2) is 9.67 Å². The summed E-state index contributed by atoms with van der Waals surface area (Å²) < 4.78 is 1.48. The number of nitrogens with zero attached hydrogens (tertiary/aromatic N) is 5. The molecule has 0 spiro atoms. The van der Waals surface area contributed by atoms with Crippen molar-refractivity contribution >= 4 is 17.7 Å². The molecule has 1 aliphatic heterocycles. The molecule has 0 atom stereocenters. The fourth-order valence-corrected chi connectivity index (χ4v) is 4.25. The molecule has 11 nitrogen and oxygen atoms in total. The Morgan fingerprint density at radius 3 is 2.52 bits per heavy atom. The molecular formula is C22H27N7O4. The van der Waals surface area contributed by atoms with E-state index in [1.807, 2.05) is 0 Å². The number of nitrogens with one attached hydrogen (secondary N) is 1. The van der Waals surface area contributed by atoms with E-state index in [0.717, 1.165) is 30.5 Å². The highest BCUT2D eigenvalue weighted by Gasteiger charge is 2.28. The van der Waals surface area contributed by atoms with Crippen molar-refractivity contribution in [2.45, 2.75) is 39.0 Å². The summed E-state index contributed by atoms with van der Waals surface area (Å²) in [6.07, 6.45) is 4.18. The van der Waals surface area contributed by atoms with E-state index in [-0.39, 0.29) is 30.2 Å². The van der Waals surface area contributed by atoms with Gasteiger partial charge in [0.2, 0.25) is 17.8 Å². The van der Waals surface area contributed by atoms with Crippen molar-refractivity contribution in [1.82, 2.24) is 29.5 Å². The number of primary amides is 1. The molecule has 0 unspecified atom stereocenters. The third-order valence-electron chi connectivity index (χ3n) is 6.20. The average molecular weight is 454 g/mol. The SMILES string of the molecule is C=C(CCC(N)=O)C(=O)N1CCN(C(=O)c2cnn(-c3nc4c(c(=O)[nH]3)CCC4)c2C)CC1. The Hall–Kier alpha value is -3.76. The Bertz CT molecular complexity index is 1190. The summed E-state index contributed by atoms with van der Waals surface area (Å²) in [7, 11) is 0. The fourth-order valence-electron chi connectivity index (χ4n) is 4.25. The van der Waals surface area contributed by atoms with Crippen molar-refractivity contribution < 1.29 is 14.4 Å². The number of aryl methyl sites for hydroxylation is 1. The molecule has 2 aromatic rings. The van der Waals surface area contributed by atoms with E-state index in [1.165, 1.54) is 10.9 Å². The number of aromatic nitrogens is 4. The van der Waals surface area contributed by atoms with Crippen molar-refractivity contribution in [1.29, 1.82) is 0 Å². The smallest absolute Gasteiger partial charge is 0.257 e. The van der Waals surface area contributed by atoms with Crippen LogP contribution in [-0.2, 0) is 22.4 Å². The van der Waals surface area contributed by atoms with Crippen molar-refractivity contribution in [2.24, 2.45) is 5.73 Å². The molecule has 0 aromatic carbocycles. The fraction of sp³-hybridized carbons (Fsp3) is 0.455. The third kappa shape index (κ3) is 4.43. The highest BCUT2D eigenvalue weighted by molar-refractivity contribution is 5.96. The molecule has 11 heteroatoms. The molecule has 3 heterocycles. The number of fused-ring (bicyclic) bond motifs is 1. The second kappa shape index (κ2) is 9.00. The van der Waals surface area contributed by atoms with Crippen LogP contribution in [0.3, 0.4) is 0 Å². The maximum atomic E-state index is 13.1. The summed E-state index contributed by atoms with van der Waals surface area (Å²) in [5.74, 6) is -0.586. The van der Waals surface area contributed by atoms with Gasteiger partial charge in [0.05, 0.1) is 23.1 Å². The minimum atomic E-state index is -0.477. The van der Waals surface area contributed by atoms with Gasteiger partial charge in [0.15, 0.2) is 0 Å². The van der Waals surface area contributed by atoms with Crippen LogP contribution in [0.2, 0.25) is 0 Å². The number of H-pyrrole nitrogens is 1. The Morgan fingerprint density at radius 1 is 1.12 bits per heavy atom. The first-order valence-electron chi connectivity index (χ1n) is 11.0. The standard InChI is InChI=1S/C22H27N7O4/c1-13(6-7-18(23)30)20(32)27-8-10-28(11-9-27)21(33)16-12-24-29(14(16)2)22-25-17-5-3-4-15(17)19(31)26-22/h12H,1,3-11H2,2H3,(H2,23,30)(H,25,26,31). The van der Waals surface area contributed by atoms with Gasteiger partial charge < -0.3 is 15.5 Å². The lowest BCUT2D eigenvalue weighted by molar-refractivity contribution is -0.128. The predicted octanol–water partition coefficient (Wildman–Crippen LogP) is -0.141. The molecule has 2 aromatic heterocycles. The van der Waals surface area contributed by atoms with Gasteiger partial charge >= 0.3 is 0 Å². The lowest BCUT2D eigenvalue weighted by Crippen LogP contribution is -2.51. The summed E-state index contributed by atoms with van der Waals surface area (Å²) in [6.45, 7) is 6.98. The second-order valence-corrected chi connectivity index (χ2v) is 8.38. The van der Waals surface area contributed by atoms with Gasteiger partial charge in [-0.15, -0.1) is 0 Å². The maximum Gasteiger partial charge on any atom is 0.257 e. The molecule has 3 amide bonds. The van der Waals surface area contributed by atoms with E-state index < -0.39 is 5.91 Å². The Labute approximate surface area is 190 Å². The van der Waals surface area contributed by atoms with Crippen molar-refractivity contribution in [2.75, 3.05) is 26.2 Å². The van der Waals surface area contributed by atoms with Crippen LogP contribution in [0.4, 0.5) is 0 Å². The number of carbonyl (C=O) groups excluding carboxylic acids is 3. The first-order valence-corrected chi connectivity index (χ1v) is 11.0. The highest BCUT2D eigenvalue weighted by Crippen LogP contribution is 2.19. The molecule has 0 saturated carbocycles. The minimum absolute atomic E-state index is 0.0800. The van der Waals surface area contributed by atoms with E-state index in [9.17, 15) is 19.2 Å². The van der Waals surface area contributed by atoms with Crippen LogP contribution < -0.4 is 11.3 Å². The lowest BCUT2D eigenvalue weighted by atomic mass is 10.1. The molecule has 0 radical (unpaired) electrons. The van der Waals surface area contributed by atoms with Crippen LogP contribution in [0.25, 0.3) is 5.95 Å². The summed E-state index contributed by atoms with van der Waals surface area (Å²) in [6, 6.07) is 0. The first-order chi connectivity index (χ1) is 15.8. The summed E-state index contributed by atoms with van der Waals surface area (Å²) in [4.78, 5) is 59.5. The predicted molar refractivity (Wildman–Crippen MR) is 119 cm³/mol. The number of hydrogen-bond acceptors (Lipinski definition) is 6. The van der Waals surface area contributed by atoms with Crippen molar-refractivity contribution in [3.8, 4) is 5.95 Å². The zero-order valence-corrected chi connectivity index (χ0v) is 18.6. The van der Waals surface area contributed by atoms with Crippen LogP contribution in [0.1, 0.15) is 46.6 Å². The van der Waals surface area contributed by atoms with Crippen LogP contribution >= 0.6 is 0 Å². The van der Waals surface area contributed by atoms with Crippen LogP contribution in [0.5, 0.6) is 0 Å². The number of aromatic amines is 1. The normalized spacial score (nSPS) is 15.4. The van der Waals surface area contributed by atoms with Gasteiger partial charge in [0.25, 0.3) is 11.5 Å². The number of amides is 3. The number of rotatable bonds is 6. The van der Waals surface area contributed by atoms with Gasteiger partial charge in [-0.2, -0.15) is 5.10 Å². The summed E-state index contributed by atoms with van der Waals surface area (Å²) in [5, 5.41) is 4.29. The molecule has 0 bridgehead atoms. The third-order valence-corrected chi connectivity index (χ3v) is 6.20. The van der Waals surface area contributed by atoms with Gasteiger partial charge in [-0.05, 0) is 32.6 Å². The maximum absolute atomic E-state index is 13.1. The minimum Gasteiger partial charge on any atom is -0.370 e. The molecule has 4 rings (SSSR count). The van der Waals surface area contributed by atoms with E-state index in [1.54, 1.807) is 16.7 Å². The van der Waals surface area contributed by atoms with Gasteiger partial charge in [0, 0.05) is 43.7 Å². The molecule has 1 saturated heterocycles. The molecule has 1 aliphatic carbocycles. The van der Waals surface area contributed by atoms with Gasteiger partial charge in [0.1, 0.15) is 0 Å². The quantitative estimate of drug-likeness (QED) is 0.582. The second-order valence-electron chi connectivity index (χ2n) is 8.38. The number of nitrogens with two attached hydrogens (primary N) is 1. The molecule has 33 heavy (non-hydrogen) atoms. The Kier molecular flexibility index (Phi) is 6.12. The summed E-state index contributed by atoms with van der Waals surface area (Å²) >= 11 is 0. The first kappa shape index (κ1) is 22.4. The number of piperazine rings is 1. The zero-order valence-electron chi connectivity index (χ0n) is 18.6. The Balaban J connectivity index is 1.42. The lowest BCUT2D eigenvalue weighted by Gasteiger charge is -2.35. The van der Waals surface area contributed by atoms with Crippen molar-refractivity contribution in [3.63, 3.8) is 0 Å². The van der Waals surface area contributed by atoms with Crippen LogP contribution in [0, 0.1) is 6.92 Å². The zero-order chi connectivity index (χ0) is 23.7. The summed E-state index contributed by atoms with van der Waals surface area (Å²) in [5.41, 5.74) is 7.82. The van der Waals surface area contributed by atoms with Crippen LogP contribution in [-0.4, -0.2) is 73.4 Å². The van der Waals surface area contributed by atoms with Gasteiger partial charge in [-0.1, -0.05) is 6.58 Å². The molecular weight excluding hydrogens is 426 g/mol. The van der Waals surface area contributed by atoms with E-state index >= 15 is 0 Å². The molecule has 2 aliphatic rings. The highest BCUT2D eigenvalue weighted by atomic mass is 16.2. The topological polar surface area (TPSA) is 147 Å². The van der Waals surface area contributed by atoms with Gasteiger partial charge in [-0.3, -0.25) is 24.2 Å². The van der Waals surface area contributed by atoms with E-state index in [4.69, 9.17) is 5.73 Å². The monoisotopic (exact) mass is 453 g/mol. The number of hydrogen-bond donors (Lipinski definition) is 2. The molecule has 1 fully saturated rings. The van der Waals surface area contributed by atoms with E-state index in [2.05, 4.69) is 21.6 Å². The molecule has 174 valence electrons. The molecule has 3 N–H and O–H groups in total. The average Bonchev–Trinajstić information content (AvgIpc) is 3.43. The number of carbonyl (C=O) groups is 3. The van der Waals surface area contributed by atoms with Crippen LogP contribution in [0.15, 0.2) is 23.1 Å². The van der Waals surface area contributed by atoms with E-state index in [0.29, 0.717) is 49.0 Å².